The number of methoxy groups -OCH3 is 1. The van der Waals surface area contributed by atoms with Crippen molar-refractivity contribution in [3.8, 4) is 5.75 Å². The molecule has 4 N–H and O–H groups in total. The highest BCUT2D eigenvalue weighted by molar-refractivity contribution is 7.99. The normalized spacial score (nSPS) is 20.5. The number of nitrogens with one attached hydrogen (secondary N) is 1. The van der Waals surface area contributed by atoms with E-state index in [1.165, 1.54) is 0 Å². The van der Waals surface area contributed by atoms with Gasteiger partial charge in [-0.1, -0.05) is 17.3 Å². The number of aromatic nitrogens is 3. The lowest BCUT2D eigenvalue weighted by molar-refractivity contribution is 0.0691. The number of sulfone groups is 1. The molecular formula is C17H23N5O5S2. The summed E-state index contributed by atoms with van der Waals surface area (Å²) < 4.78 is 31.0. The molecule has 29 heavy (non-hydrogen) atoms. The molecule has 3 rings (SSSR count). The summed E-state index contributed by atoms with van der Waals surface area (Å²) in [6.45, 7) is 0.623. The lowest BCUT2D eigenvalue weighted by Crippen LogP contribution is -2.38. The smallest absolute Gasteiger partial charge is 0.360 e. The number of rotatable bonds is 8. The molecule has 0 amide bonds. The molecule has 0 saturated carbocycles. The van der Waals surface area contributed by atoms with Crippen LogP contribution in [0.3, 0.4) is 0 Å². The number of benzene rings is 1. The minimum atomic E-state index is -3.63. The molecule has 12 heteroatoms. The maximum Gasteiger partial charge on any atom is 0.360 e. The van der Waals surface area contributed by atoms with E-state index in [1.54, 1.807) is 18.9 Å². The average Bonchev–Trinajstić information content (AvgIpc) is 3.27. The number of nitrogen functional groups attached to an aromatic ring is 1. The summed E-state index contributed by atoms with van der Waals surface area (Å²) in [6, 6.07) is 7.34. The second-order valence-corrected chi connectivity index (χ2v) is 10.3. The van der Waals surface area contributed by atoms with Crippen LogP contribution >= 0.6 is 11.8 Å². The Labute approximate surface area is 172 Å². The highest BCUT2D eigenvalue weighted by Gasteiger charge is 2.40. The van der Waals surface area contributed by atoms with Crippen molar-refractivity contribution in [1.82, 2.24) is 20.3 Å². The van der Waals surface area contributed by atoms with Gasteiger partial charge in [-0.15, -0.1) is 5.10 Å². The Morgan fingerprint density at radius 1 is 1.45 bits per heavy atom. The molecule has 1 aromatic heterocycles. The second kappa shape index (κ2) is 8.59. The zero-order valence-electron chi connectivity index (χ0n) is 16.0. The van der Waals surface area contributed by atoms with Gasteiger partial charge in [0.15, 0.2) is 21.0 Å². The van der Waals surface area contributed by atoms with E-state index in [4.69, 9.17) is 15.6 Å². The summed E-state index contributed by atoms with van der Waals surface area (Å²) in [5.74, 6) is -0.0535. The summed E-state index contributed by atoms with van der Waals surface area (Å²) in [5.41, 5.74) is 6.50. The van der Waals surface area contributed by atoms with E-state index in [-0.39, 0.29) is 11.1 Å². The molecule has 2 heterocycles. The van der Waals surface area contributed by atoms with E-state index in [9.17, 15) is 13.2 Å². The Bertz CT molecular complexity index is 977. The molecule has 3 atom stereocenters. The molecule has 1 fully saturated rings. The number of hydrogen-bond acceptors (Lipinski definition) is 9. The first kappa shape index (κ1) is 21.4. The van der Waals surface area contributed by atoms with Crippen LogP contribution in [0.4, 0.5) is 5.82 Å². The van der Waals surface area contributed by atoms with Gasteiger partial charge in [0.05, 0.1) is 7.11 Å². The second-order valence-electron chi connectivity index (χ2n) is 6.82. The Hall–Kier alpha value is -2.31. The van der Waals surface area contributed by atoms with Crippen LogP contribution in [0.2, 0.25) is 0 Å². The minimum Gasteiger partial charge on any atom is -0.497 e. The molecule has 0 radical (unpaired) electrons. The maximum atomic E-state index is 12.4. The van der Waals surface area contributed by atoms with Crippen LogP contribution in [0, 0.1) is 0 Å². The van der Waals surface area contributed by atoms with Crippen molar-refractivity contribution >= 4 is 33.4 Å². The molecule has 0 aliphatic carbocycles. The molecule has 1 aliphatic rings. The zero-order chi connectivity index (χ0) is 21.2. The third kappa shape index (κ3) is 4.82. The van der Waals surface area contributed by atoms with Gasteiger partial charge in [-0.05, 0) is 24.1 Å². The Balaban J connectivity index is 1.70. The Morgan fingerprint density at radius 3 is 2.69 bits per heavy atom. The molecular weight excluding hydrogens is 418 g/mol. The number of carboxylic acid groups (broad SMARTS) is 1. The minimum absolute atomic E-state index is 0.190. The molecule has 0 spiro atoms. The first-order valence-corrected chi connectivity index (χ1v) is 11.8. The van der Waals surface area contributed by atoms with Crippen LogP contribution in [0.1, 0.15) is 27.8 Å². The standard InChI is InChI=1S/C17H23N5O5S2/c1-27-11-5-3-10(4-6-11)9-28-12-7-13(19-8-12)16(29(2,25)26)22-15(18)14(17(23)24)20-21-22/h3-6,12-13,16,19H,7-9,18H2,1-2H3,(H,23,24). The van der Waals surface area contributed by atoms with E-state index >= 15 is 0 Å². The van der Waals surface area contributed by atoms with E-state index in [0.29, 0.717) is 13.0 Å². The highest BCUT2D eigenvalue weighted by Crippen LogP contribution is 2.32. The fraction of sp³-hybridized carbons (Fsp3) is 0.471. The van der Waals surface area contributed by atoms with Gasteiger partial charge in [-0.2, -0.15) is 11.8 Å². The van der Waals surface area contributed by atoms with Gasteiger partial charge in [0.1, 0.15) is 5.75 Å². The van der Waals surface area contributed by atoms with Gasteiger partial charge >= 0.3 is 5.97 Å². The summed E-state index contributed by atoms with van der Waals surface area (Å²) in [7, 11) is -2.01. The van der Waals surface area contributed by atoms with Crippen molar-refractivity contribution in [2.45, 2.75) is 28.8 Å². The molecule has 2 aromatic rings. The van der Waals surface area contributed by atoms with E-state index in [1.807, 2.05) is 24.3 Å². The largest absolute Gasteiger partial charge is 0.497 e. The van der Waals surface area contributed by atoms with Crippen LogP contribution in [-0.4, -0.2) is 65.7 Å². The van der Waals surface area contributed by atoms with Crippen molar-refractivity contribution in [1.29, 1.82) is 0 Å². The van der Waals surface area contributed by atoms with Crippen molar-refractivity contribution < 1.29 is 23.1 Å². The fourth-order valence-electron chi connectivity index (χ4n) is 3.30. The third-order valence-corrected chi connectivity index (χ3v) is 7.46. The molecule has 1 aliphatic heterocycles. The van der Waals surface area contributed by atoms with Gasteiger partial charge < -0.3 is 20.9 Å². The fourth-order valence-corrected chi connectivity index (χ4v) is 5.80. The SMILES string of the molecule is COc1ccc(CSC2CNC(C(n3nnc(C(=O)O)c3N)S(C)(=O)=O)C2)cc1. The van der Waals surface area contributed by atoms with Gasteiger partial charge in [0.25, 0.3) is 0 Å². The lowest BCUT2D eigenvalue weighted by atomic mass is 10.2. The number of thioether (sulfide) groups is 1. The summed E-state index contributed by atoms with van der Waals surface area (Å²) in [4.78, 5) is 11.2. The number of ether oxygens (including phenoxy) is 1. The molecule has 0 bridgehead atoms. The average molecular weight is 442 g/mol. The van der Waals surface area contributed by atoms with Crippen LogP contribution < -0.4 is 15.8 Å². The van der Waals surface area contributed by atoms with E-state index < -0.39 is 32.9 Å². The highest BCUT2D eigenvalue weighted by atomic mass is 32.2. The predicted octanol–water partition coefficient (Wildman–Crippen LogP) is 0.774. The molecule has 10 nitrogen and oxygen atoms in total. The number of nitrogens with two attached hydrogens (primary N) is 1. The first-order chi connectivity index (χ1) is 13.7. The predicted molar refractivity (Wildman–Crippen MR) is 110 cm³/mol. The number of carboxylic acids is 1. The van der Waals surface area contributed by atoms with Gasteiger partial charge in [-0.25, -0.2) is 17.9 Å². The van der Waals surface area contributed by atoms with Crippen molar-refractivity contribution in [2.75, 3.05) is 25.6 Å². The topological polar surface area (TPSA) is 149 Å². The van der Waals surface area contributed by atoms with Gasteiger partial charge in [0.2, 0.25) is 5.69 Å². The molecule has 3 unspecified atom stereocenters. The Kier molecular flexibility index (Phi) is 6.34. The molecule has 158 valence electrons. The van der Waals surface area contributed by atoms with Crippen molar-refractivity contribution in [2.24, 2.45) is 0 Å². The van der Waals surface area contributed by atoms with Crippen LogP contribution in [-0.2, 0) is 15.6 Å². The van der Waals surface area contributed by atoms with Crippen LogP contribution in [0.15, 0.2) is 24.3 Å². The van der Waals surface area contributed by atoms with E-state index in [0.717, 1.165) is 28.0 Å². The van der Waals surface area contributed by atoms with E-state index in [2.05, 4.69) is 15.6 Å². The molecule has 1 aromatic carbocycles. The van der Waals surface area contributed by atoms with Gasteiger partial charge in [-0.3, -0.25) is 0 Å². The zero-order valence-corrected chi connectivity index (χ0v) is 17.6. The molecule has 1 saturated heterocycles. The maximum absolute atomic E-state index is 12.4. The number of aromatic carboxylic acids is 1. The number of hydrogen-bond donors (Lipinski definition) is 3. The Morgan fingerprint density at radius 2 is 2.14 bits per heavy atom. The van der Waals surface area contributed by atoms with Gasteiger partial charge in [0, 0.05) is 29.8 Å². The van der Waals surface area contributed by atoms with Crippen LogP contribution in [0.5, 0.6) is 5.75 Å². The number of anilines is 1. The quantitative estimate of drug-likeness (QED) is 0.536. The van der Waals surface area contributed by atoms with Crippen molar-refractivity contribution in [3.63, 3.8) is 0 Å². The third-order valence-electron chi connectivity index (χ3n) is 4.73. The van der Waals surface area contributed by atoms with Crippen LogP contribution in [0.25, 0.3) is 0 Å². The summed E-state index contributed by atoms with van der Waals surface area (Å²) in [5, 5.41) is 18.6. The first-order valence-electron chi connectivity index (χ1n) is 8.81. The van der Waals surface area contributed by atoms with Crippen molar-refractivity contribution in [3.05, 3.63) is 35.5 Å². The summed E-state index contributed by atoms with van der Waals surface area (Å²) in [6.07, 6.45) is 1.65. The monoisotopic (exact) mass is 441 g/mol. The number of carbonyl (C=O) groups is 1. The lowest BCUT2D eigenvalue weighted by Gasteiger charge is -2.23. The number of nitrogens with zero attached hydrogens (tertiary/aromatic N) is 3. The summed E-state index contributed by atoms with van der Waals surface area (Å²) >= 11 is 1.72.